The maximum atomic E-state index is 12.4. The van der Waals surface area contributed by atoms with E-state index in [0.717, 1.165) is 16.7 Å². The second-order valence-electron chi connectivity index (χ2n) is 5.49. The third kappa shape index (κ3) is 2.79. The molecule has 4 rings (SSSR count). The highest BCUT2D eigenvalue weighted by atomic mass is 16.5. The van der Waals surface area contributed by atoms with Crippen molar-refractivity contribution in [2.75, 3.05) is 11.9 Å². The van der Waals surface area contributed by atoms with Crippen LogP contribution in [-0.2, 0) is 17.8 Å². The lowest BCUT2D eigenvalue weighted by molar-refractivity contribution is 0.0988. The molecule has 1 N–H and O–H groups in total. The fourth-order valence-electron chi connectivity index (χ4n) is 2.68. The molecule has 2 aromatic heterocycles. The van der Waals surface area contributed by atoms with E-state index in [1.165, 1.54) is 0 Å². The number of hydrogen-bond donors (Lipinski definition) is 1. The summed E-state index contributed by atoms with van der Waals surface area (Å²) in [4.78, 5) is 21.0. The summed E-state index contributed by atoms with van der Waals surface area (Å²) >= 11 is 0. The van der Waals surface area contributed by atoms with Gasteiger partial charge < -0.3 is 14.5 Å². The summed E-state index contributed by atoms with van der Waals surface area (Å²) < 4.78 is 10.8. The number of carbonyl (C=O) groups is 1. The predicted molar refractivity (Wildman–Crippen MR) is 87.5 cm³/mol. The lowest BCUT2D eigenvalue weighted by atomic mass is 10.1. The van der Waals surface area contributed by atoms with Gasteiger partial charge >= 0.3 is 0 Å². The molecular weight excluding hydrogens is 306 g/mol. The van der Waals surface area contributed by atoms with E-state index in [2.05, 4.69) is 15.3 Å². The Morgan fingerprint density at radius 2 is 1.92 bits per heavy atom. The first-order valence-electron chi connectivity index (χ1n) is 7.67. The zero-order chi connectivity index (χ0) is 16.4. The molecule has 6 heteroatoms. The van der Waals surface area contributed by atoms with E-state index in [-0.39, 0.29) is 5.91 Å². The van der Waals surface area contributed by atoms with Crippen molar-refractivity contribution in [2.45, 2.75) is 13.0 Å². The SMILES string of the molecule is O=C(Nc1cnc(-c2ccccc2)nc1)c1occ2c1CCOC2. The van der Waals surface area contributed by atoms with Crippen LogP contribution >= 0.6 is 0 Å². The van der Waals surface area contributed by atoms with Gasteiger partial charge in [0, 0.05) is 23.1 Å². The maximum absolute atomic E-state index is 12.4. The van der Waals surface area contributed by atoms with E-state index in [4.69, 9.17) is 9.15 Å². The molecule has 1 aliphatic heterocycles. The molecular formula is C18H15N3O3. The molecule has 0 saturated carbocycles. The number of ether oxygens (including phenoxy) is 1. The van der Waals surface area contributed by atoms with Gasteiger partial charge in [-0.25, -0.2) is 9.97 Å². The standard InChI is InChI=1S/C18H15N3O3/c22-18(16-15-6-7-23-10-13(15)11-24-16)21-14-8-19-17(20-9-14)12-4-2-1-3-5-12/h1-5,8-9,11H,6-7,10H2,(H,21,22). The van der Waals surface area contributed by atoms with Crippen LogP contribution in [-0.4, -0.2) is 22.5 Å². The predicted octanol–water partition coefficient (Wildman–Crippen LogP) is 3.06. The number of fused-ring (bicyclic) bond motifs is 1. The normalized spacial score (nSPS) is 13.3. The van der Waals surface area contributed by atoms with Crippen LogP contribution in [0.1, 0.15) is 21.7 Å². The third-order valence-corrected chi connectivity index (χ3v) is 3.88. The minimum Gasteiger partial charge on any atom is -0.458 e. The largest absolute Gasteiger partial charge is 0.458 e. The first kappa shape index (κ1) is 14.6. The Morgan fingerprint density at radius 1 is 1.12 bits per heavy atom. The van der Waals surface area contributed by atoms with Crippen LogP contribution in [0.3, 0.4) is 0 Å². The summed E-state index contributed by atoms with van der Waals surface area (Å²) in [6, 6.07) is 9.67. The van der Waals surface area contributed by atoms with Gasteiger partial charge in [-0.05, 0) is 0 Å². The van der Waals surface area contributed by atoms with Crippen LogP contribution in [0.15, 0.2) is 53.4 Å². The molecule has 24 heavy (non-hydrogen) atoms. The Labute approximate surface area is 138 Å². The second-order valence-corrected chi connectivity index (χ2v) is 5.49. The Morgan fingerprint density at radius 3 is 2.71 bits per heavy atom. The monoisotopic (exact) mass is 321 g/mol. The average molecular weight is 321 g/mol. The molecule has 0 atom stereocenters. The van der Waals surface area contributed by atoms with Crippen molar-refractivity contribution < 1.29 is 13.9 Å². The number of aromatic nitrogens is 2. The van der Waals surface area contributed by atoms with E-state index < -0.39 is 0 Å². The number of furan rings is 1. The lowest BCUT2D eigenvalue weighted by Gasteiger charge is -2.12. The molecule has 0 unspecified atom stereocenters. The van der Waals surface area contributed by atoms with Gasteiger partial charge in [0.25, 0.3) is 5.91 Å². The van der Waals surface area contributed by atoms with E-state index in [1.807, 2.05) is 30.3 Å². The van der Waals surface area contributed by atoms with Crippen LogP contribution in [0.4, 0.5) is 5.69 Å². The molecule has 0 aliphatic carbocycles. The van der Waals surface area contributed by atoms with Crippen molar-refractivity contribution in [1.82, 2.24) is 9.97 Å². The van der Waals surface area contributed by atoms with E-state index in [1.54, 1.807) is 18.7 Å². The van der Waals surface area contributed by atoms with Crippen molar-refractivity contribution in [2.24, 2.45) is 0 Å². The fourth-order valence-corrected chi connectivity index (χ4v) is 2.68. The highest BCUT2D eigenvalue weighted by molar-refractivity contribution is 6.03. The quantitative estimate of drug-likeness (QED) is 0.802. The van der Waals surface area contributed by atoms with Crippen molar-refractivity contribution in [3.63, 3.8) is 0 Å². The Bertz CT molecular complexity index is 857. The van der Waals surface area contributed by atoms with Crippen LogP contribution in [0.2, 0.25) is 0 Å². The van der Waals surface area contributed by atoms with Crippen LogP contribution in [0, 0.1) is 0 Å². The first-order valence-corrected chi connectivity index (χ1v) is 7.67. The Balaban J connectivity index is 1.51. The number of hydrogen-bond acceptors (Lipinski definition) is 5. The summed E-state index contributed by atoms with van der Waals surface area (Å²) in [5, 5.41) is 2.77. The smallest absolute Gasteiger partial charge is 0.291 e. The molecule has 120 valence electrons. The molecule has 0 bridgehead atoms. The zero-order valence-electron chi connectivity index (χ0n) is 12.9. The minimum absolute atomic E-state index is 0.297. The molecule has 6 nitrogen and oxygen atoms in total. The Kier molecular flexibility index (Phi) is 3.80. The molecule has 0 fully saturated rings. The molecule has 0 saturated heterocycles. The summed E-state index contributed by atoms with van der Waals surface area (Å²) in [5.74, 6) is 0.649. The number of benzene rings is 1. The molecule has 0 spiro atoms. The van der Waals surface area contributed by atoms with Gasteiger partial charge in [-0.15, -0.1) is 0 Å². The van der Waals surface area contributed by atoms with Crippen molar-refractivity contribution in [1.29, 1.82) is 0 Å². The highest BCUT2D eigenvalue weighted by Gasteiger charge is 2.22. The van der Waals surface area contributed by atoms with Gasteiger partial charge in [-0.1, -0.05) is 30.3 Å². The minimum atomic E-state index is -0.297. The van der Waals surface area contributed by atoms with Gasteiger partial charge in [0.15, 0.2) is 11.6 Å². The summed E-state index contributed by atoms with van der Waals surface area (Å²) in [6.07, 6.45) is 5.44. The number of anilines is 1. The highest BCUT2D eigenvalue weighted by Crippen LogP contribution is 2.24. The number of nitrogens with zero attached hydrogens (tertiary/aromatic N) is 2. The van der Waals surface area contributed by atoms with Gasteiger partial charge in [0.05, 0.1) is 37.6 Å². The molecule has 1 aromatic carbocycles. The molecule has 1 amide bonds. The average Bonchev–Trinajstić information content (AvgIpc) is 3.07. The van der Waals surface area contributed by atoms with Crippen LogP contribution in [0.25, 0.3) is 11.4 Å². The number of rotatable bonds is 3. The zero-order valence-corrected chi connectivity index (χ0v) is 12.9. The fraction of sp³-hybridized carbons (Fsp3) is 0.167. The molecule has 0 radical (unpaired) electrons. The maximum Gasteiger partial charge on any atom is 0.291 e. The summed E-state index contributed by atoms with van der Waals surface area (Å²) in [6.45, 7) is 1.09. The third-order valence-electron chi connectivity index (χ3n) is 3.88. The van der Waals surface area contributed by atoms with Crippen molar-refractivity contribution >= 4 is 11.6 Å². The van der Waals surface area contributed by atoms with Crippen LogP contribution in [0.5, 0.6) is 0 Å². The number of carbonyl (C=O) groups excluding carboxylic acids is 1. The van der Waals surface area contributed by atoms with Crippen molar-refractivity contribution in [3.8, 4) is 11.4 Å². The summed E-state index contributed by atoms with van der Waals surface area (Å²) in [7, 11) is 0. The molecule has 1 aliphatic rings. The molecule has 3 aromatic rings. The number of amides is 1. The van der Waals surface area contributed by atoms with Gasteiger partial charge in [-0.3, -0.25) is 4.79 Å². The topological polar surface area (TPSA) is 77.3 Å². The summed E-state index contributed by atoms with van der Waals surface area (Å²) in [5.41, 5.74) is 3.30. The van der Waals surface area contributed by atoms with E-state index in [9.17, 15) is 4.79 Å². The van der Waals surface area contributed by atoms with Crippen LogP contribution < -0.4 is 5.32 Å². The van der Waals surface area contributed by atoms with Crippen molar-refractivity contribution in [3.05, 3.63) is 65.9 Å². The lowest BCUT2D eigenvalue weighted by Crippen LogP contribution is -2.16. The van der Waals surface area contributed by atoms with E-state index in [0.29, 0.717) is 36.9 Å². The number of nitrogens with one attached hydrogen (secondary N) is 1. The van der Waals surface area contributed by atoms with Gasteiger partial charge in [-0.2, -0.15) is 0 Å². The van der Waals surface area contributed by atoms with Gasteiger partial charge in [0.1, 0.15) is 0 Å². The van der Waals surface area contributed by atoms with E-state index >= 15 is 0 Å². The first-order chi connectivity index (χ1) is 11.8. The van der Waals surface area contributed by atoms with Gasteiger partial charge in [0.2, 0.25) is 0 Å². The second kappa shape index (κ2) is 6.25. The molecule has 3 heterocycles. The Hall–Kier alpha value is -2.99.